The van der Waals surface area contributed by atoms with Crippen LogP contribution in [0.2, 0.25) is 0 Å². The highest BCUT2D eigenvalue weighted by Crippen LogP contribution is 2.40. The van der Waals surface area contributed by atoms with E-state index in [-0.39, 0.29) is 0 Å². The summed E-state index contributed by atoms with van der Waals surface area (Å²) in [5.41, 5.74) is 1.31. The van der Waals surface area contributed by atoms with Crippen molar-refractivity contribution in [1.29, 1.82) is 0 Å². The fourth-order valence-electron chi connectivity index (χ4n) is 3.08. The molecule has 0 bridgehead atoms. The number of imidazole rings is 1. The van der Waals surface area contributed by atoms with Crippen molar-refractivity contribution in [2.24, 2.45) is 11.8 Å². The summed E-state index contributed by atoms with van der Waals surface area (Å²) in [5, 5.41) is 3.60. The Balaban J connectivity index is 2.05. The van der Waals surface area contributed by atoms with Gasteiger partial charge < -0.3 is 10.3 Å². The zero-order chi connectivity index (χ0) is 11.5. The van der Waals surface area contributed by atoms with E-state index in [4.69, 9.17) is 0 Å². The van der Waals surface area contributed by atoms with Crippen molar-refractivity contribution in [3.05, 3.63) is 18.2 Å². The average Bonchev–Trinajstić information content (AvgIpc) is 2.79. The Labute approximate surface area is 98.1 Å². The molecule has 1 fully saturated rings. The first kappa shape index (κ1) is 11.6. The molecule has 0 aromatic carbocycles. The molecular formula is C13H23N3. The normalized spacial score (nSPS) is 35.2. The topological polar surface area (TPSA) is 40.7 Å². The Morgan fingerprint density at radius 2 is 2.19 bits per heavy atom. The van der Waals surface area contributed by atoms with Gasteiger partial charge in [-0.15, -0.1) is 0 Å². The van der Waals surface area contributed by atoms with Gasteiger partial charge in [-0.05, 0) is 31.2 Å². The zero-order valence-electron chi connectivity index (χ0n) is 10.5. The molecule has 1 saturated carbocycles. The fourth-order valence-corrected chi connectivity index (χ4v) is 3.08. The van der Waals surface area contributed by atoms with E-state index in [1.165, 1.54) is 18.5 Å². The molecule has 2 rings (SSSR count). The maximum atomic E-state index is 4.14. The van der Waals surface area contributed by atoms with E-state index < -0.39 is 0 Å². The predicted molar refractivity (Wildman–Crippen MR) is 66.4 cm³/mol. The molecule has 3 nitrogen and oxygen atoms in total. The number of hydrogen-bond donors (Lipinski definition) is 2. The summed E-state index contributed by atoms with van der Waals surface area (Å²) in [6.07, 6.45) is 6.33. The molecule has 1 aliphatic carbocycles. The zero-order valence-corrected chi connectivity index (χ0v) is 10.5. The third kappa shape index (κ3) is 2.14. The lowest BCUT2D eigenvalue weighted by atomic mass is 9.70. The molecule has 16 heavy (non-hydrogen) atoms. The first-order valence-electron chi connectivity index (χ1n) is 6.45. The summed E-state index contributed by atoms with van der Waals surface area (Å²) in [6, 6.07) is 0.694. The maximum Gasteiger partial charge on any atom is 0.0921 e. The van der Waals surface area contributed by atoms with Crippen molar-refractivity contribution >= 4 is 0 Å². The van der Waals surface area contributed by atoms with Gasteiger partial charge >= 0.3 is 0 Å². The molecule has 1 heterocycles. The molecule has 3 heteroatoms. The lowest BCUT2D eigenvalue weighted by Gasteiger charge is -2.39. The Bertz CT molecular complexity index is 307. The molecule has 0 radical (unpaired) electrons. The Morgan fingerprint density at radius 3 is 2.81 bits per heavy atom. The molecule has 1 aromatic rings. The smallest absolute Gasteiger partial charge is 0.0921 e. The average molecular weight is 221 g/mol. The third-order valence-electron chi connectivity index (χ3n) is 4.27. The molecular weight excluding hydrogens is 198 g/mol. The van der Waals surface area contributed by atoms with Gasteiger partial charge in [-0.3, -0.25) is 0 Å². The molecule has 0 saturated heterocycles. The molecule has 1 aromatic heterocycles. The van der Waals surface area contributed by atoms with Gasteiger partial charge in [0, 0.05) is 23.9 Å². The van der Waals surface area contributed by atoms with Crippen LogP contribution in [-0.4, -0.2) is 22.6 Å². The summed E-state index contributed by atoms with van der Waals surface area (Å²) in [7, 11) is 0. The Kier molecular flexibility index (Phi) is 3.64. The Morgan fingerprint density at radius 1 is 1.38 bits per heavy atom. The van der Waals surface area contributed by atoms with Crippen LogP contribution >= 0.6 is 0 Å². The minimum atomic E-state index is 0.660. The van der Waals surface area contributed by atoms with Gasteiger partial charge in [0.15, 0.2) is 0 Å². The minimum Gasteiger partial charge on any atom is -0.348 e. The van der Waals surface area contributed by atoms with E-state index in [1.54, 1.807) is 6.33 Å². The highest BCUT2D eigenvalue weighted by atomic mass is 14.9. The quantitative estimate of drug-likeness (QED) is 0.823. The van der Waals surface area contributed by atoms with Crippen LogP contribution in [0.5, 0.6) is 0 Å². The summed E-state index contributed by atoms with van der Waals surface area (Å²) >= 11 is 0. The molecule has 1 aliphatic rings. The number of aromatic nitrogens is 2. The molecule has 0 amide bonds. The van der Waals surface area contributed by atoms with Gasteiger partial charge in [0.1, 0.15) is 0 Å². The van der Waals surface area contributed by atoms with E-state index in [0.29, 0.717) is 12.0 Å². The van der Waals surface area contributed by atoms with Crippen LogP contribution in [0.25, 0.3) is 0 Å². The molecule has 90 valence electrons. The van der Waals surface area contributed by atoms with Crippen LogP contribution in [0.4, 0.5) is 0 Å². The lowest BCUT2D eigenvalue weighted by molar-refractivity contribution is 0.179. The number of hydrogen-bond acceptors (Lipinski definition) is 2. The second kappa shape index (κ2) is 5.00. The van der Waals surface area contributed by atoms with Crippen LogP contribution in [0.15, 0.2) is 12.5 Å². The summed E-state index contributed by atoms with van der Waals surface area (Å²) in [6.45, 7) is 8.02. The van der Waals surface area contributed by atoms with Gasteiger partial charge in [-0.25, -0.2) is 4.98 Å². The number of rotatable bonds is 3. The van der Waals surface area contributed by atoms with Crippen molar-refractivity contribution in [1.82, 2.24) is 15.3 Å². The van der Waals surface area contributed by atoms with Crippen molar-refractivity contribution < 1.29 is 0 Å². The van der Waals surface area contributed by atoms with Crippen LogP contribution in [0.1, 0.15) is 45.2 Å². The van der Waals surface area contributed by atoms with E-state index in [2.05, 4.69) is 36.1 Å². The first-order chi connectivity index (χ1) is 7.74. The highest BCUT2D eigenvalue weighted by molar-refractivity contribution is 5.08. The second-order valence-electron chi connectivity index (χ2n) is 5.07. The molecule has 4 atom stereocenters. The number of nitrogens with one attached hydrogen (secondary N) is 2. The van der Waals surface area contributed by atoms with Gasteiger partial charge in [0.25, 0.3) is 0 Å². The van der Waals surface area contributed by atoms with Crippen LogP contribution < -0.4 is 5.32 Å². The number of H-pyrrole nitrogens is 1. The van der Waals surface area contributed by atoms with Gasteiger partial charge in [-0.2, -0.15) is 0 Å². The highest BCUT2D eigenvalue weighted by Gasteiger charge is 2.34. The monoisotopic (exact) mass is 221 g/mol. The number of nitrogens with zero attached hydrogens (tertiary/aromatic N) is 1. The number of aromatic amines is 1. The molecule has 4 unspecified atom stereocenters. The summed E-state index contributed by atoms with van der Waals surface area (Å²) < 4.78 is 0. The van der Waals surface area contributed by atoms with E-state index in [1.807, 2.05) is 6.20 Å². The van der Waals surface area contributed by atoms with Crippen molar-refractivity contribution in [2.45, 2.75) is 45.6 Å². The van der Waals surface area contributed by atoms with Gasteiger partial charge in [0.2, 0.25) is 0 Å². The molecule has 0 aliphatic heterocycles. The molecule has 0 spiro atoms. The Hall–Kier alpha value is -0.830. The van der Waals surface area contributed by atoms with Crippen molar-refractivity contribution in [2.75, 3.05) is 6.54 Å². The first-order valence-corrected chi connectivity index (χ1v) is 6.45. The second-order valence-corrected chi connectivity index (χ2v) is 5.07. The van der Waals surface area contributed by atoms with Gasteiger partial charge in [0.05, 0.1) is 6.33 Å². The van der Waals surface area contributed by atoms with Crippen LogP contribution in [-0.2, 0) is 0 Å². The molecule has 2 N–H and O–H groups in total. The third-order valence-corrected chi connectivity index (χ3v) is 4.27. The summed E-state index contributed by atoms with van der Waals surface area (Å²) in [5.74, 6) is 2.12. The van der Waals surface area contributed by atoms with E-state index >= 15 is 0 Å². The fraction of sp³-hybridized carbons (Fsp3) is 0.769. The van der Waals surface area contributed by atoms with Crippen molar-refractivity contribution in [3.63, 3.8) is 0 Å². The minimum absolute atomic E-state index is 0.660. The maximum absolute atomic E-state index is 4.14. The predicted octanol–water partition coefficient (Wildman–Crippen LogP) is 2.54. The largest absolute Gasteiger partial charge is 0.348 e. The van der Waals surface area contributed by atoms with Crippen molar-refractivity contribution in [3.8, 4) is 0 Å². The standard InChI is InChI=1S/C13H23N3/c1-4-15-12-6-5-11(9(2)10(12)3)13-7-14-8-16-13/h7-12,15H,4-6H2,1-3H3,(H,14,16). The SMILES string of the molecule is CCNC1CCC(c2cnc[nH]2)C(C)C1C. The van der Waals surface area contributed by atoms with E-state index in [0.717, 1.165) is 18.4 Å². The van der Waals surface area contributed by atoms with Crippen LogP contribution in [0.3, 0.4) is 0 Å². The lowest BCUT2D eigenvalue weighted by Crippen LogP contribution is -2.43. The van der Waals surface area contributed by atoms with E-state index in [9.17, 15) is 0 Å². The van der Waals surface area contributed by atoms with Crippen LogP contribution in [0, 0.1) is 11.8 Å². The van der Waals surface area contributed by atoms with Gasteiger partial charge in [-0.1, -0.05) is 20.8 Å². The summed E-state index contributed by atoms with van der Waals surface area (Å²) in [4.78, 5) is 7.41.